The van der Waals surface area contributed by atoms with Crippen molar-refractivity contribution >= 4 is 17.5 Å². The summed E-state index contributed by atoms with van der Waals surface area (Å²) in [4.78, 5) is 19.2. The van der Waals surface area contributed by atoms with E-state index in [0.717, 1.165) is 11.1 Å². The number of amides is 1. The van der Waals surface area contributed by atoms with Crippen LogP contribution in [0.3, 0.4) is 0 Å². The number of aromatic nitrogens is 3. The Kier molecular flexibility index (Phi) is 5.95. The Morgan fingerprint density at radius 1 is 1.10 bits per heavy atom. The first kappa shape index (κ1) is 19.9. The molecular formula is C23H21ClN4O2. The van der Waals surface area contributed by atoms with Crippen molar-refractivity contribution in [2.24, 2.45) is 0 Å². The molecule has 0 fully saturated rings. The topological polar surface area (TPSA) is 64.2 Å². The van der Waals surface area contributed by atoms with Crippen LogP contribution in [0.2, 0.25) is 5.02 Å². The number of nitrogens with zero attached hydrogens (tertiary/aromatic N) is 4. The smallest absolute Gasteiger partial charge is 0.274 e. The molecule has 0 aliphatic heterocycles. The van der Waals surface area contributed by atoms with Crippen LogP contribution in [-0.2, 0) is 17.9 Å². The van der Waals surface area contributed by atoms with Crippen LogP contribution in [0.5, 0.6) is 0 Å². The van der Waals surface area contributed by atoms with Crippen LogP contribution < -0.4 is 0 Å². The van der Waals surface area contributed by atoms with Gasteiger partial charge in [-0.15, -0.1) is 0 Å². The van der Waals surface area contributed by atoms with Gasteiger partial charge in [0.05, 0.1) is 0 Å². The Morgan fingerprint density at radius 3 is 2.70 bits per heavy atom. The SMILES string of the molecule is CCN(Cc1ccccc1)C(=O)Cn1cccc1-c1nc(-c2cccc(Cl)c2)no1. The van der Waals surface area contributed by atoms with Gasteiger partial charge in [-0.1, -0.05) is 59.2 Å². The van der Waals surface area contributed by atoms with E-state index in [9.17, 15) is 4.79 Å². The van der Waals surface area contributed by atoms with Gasteiger partial charge in [0.25, 0.3) is 5.89 Å². The van der Waals surface area contributed by atoms with Crippen LogP contribution >= 0.6 is 11.6 Å². The molecule has 0 radical (unpaired) electrons. The molecule has 6 nitrogen and oxygen atoms in total. The zero-order valence-electron chi connectivity index (χ0n) is 16.5. The quantitative estimate of drug-likeness (QED) is 0.426. The van der Waals surface area contributed by atoms with Gasteiger partial charge in [0, 0.05) is 29.9 Å². The molecule has 2 aromatic heterocycles. The highest BCUT2D eigenvalue weighted by atomic mass is 35.5. The standard InChI is InChI=1S/C23H21ClN4O2/c1-2-27(15-17-8-4-3-5-9-17)21(29)16-28-13-7-12-20(28)23-25-22(26-30-23)18-10-6-11-19(24)14-18/h3-14H,2,15-16H2,1H3. The summed E-state index contributed by atoms with van der Waals surface area (Å²) >= 11 is 6.05. The van der Waals surface area contributed by atoms with Gasteiger partial charge in [-0.25, -0.2) is 0 Å². The fraction of sp³-hybridized carbons (Fsp3) is 0.174. The third-order valence-electron chi connectivity index (χ3n) is 4.81. The minimum absolute atomic E-state index is 0.0217. The Morgan fingerprint density at radius 2 is 1.93 bits per heavy atom. The molecule has 0 aliphatic rings. The number of hydrogen-bond donors (Lipinski definition) is 0. The molecule has 0 N–H and O–H groups in total. The van der Waals surface area contributed by atoms with E-state index >= 15 is 0 Å². The van der Waals surface area contributed by atoms with E-state index in [2.05, 4.69) is 10.1 Å². The highest BCUT2D eigenvalue weighted by Crippen LogP contribution is 2.24. The maximum atomic E-state index is 12.9. The van der Waals surface area contributed by atoms with Crippen molar-refractivity contribution in [2.45, 2.75) is 20.0 Å². The number of benzene rings is 2. The highest BCUT2D eigenvalue weighted by Gasteiger charge is 2.18. The number of hydrogen-bond acceptors (Lipinski definition) is 4. The second kappa shape index (κ2) is 8.97. The Bertz CT molecular complexity index is 1140. The molecule has 0 atom stereocenters. The van der Waals surface area contributed by atoms with Crippen molar-refractivity contribution < 1.29 is 9.32 Å². The van der Waals surface area contributed by atoms with Crippen LogP contribution in [0.15, 0.2) is 77.4 Å². The molecule has 0 bridgehead atoms. The second-order valence-corrected chi connectivity index (χ2v) is 7.28. The van der Waals surface area contributed by atoms with E-state index in [0.29, 0.717) is 35.5 Å². The van der Waals surface area contributed by atoms with Crippen LogP contribution in [0, 0.1) is 0 Å². The molecule has 0 saturated heterocycles. The molecule has 0 unspecified atom stereocenters. The molecule has 2 heterocycles. The summed E-state index contributed by atoms with van der Waals surface area (Å²) in [5.74, 6) is 0.827. The Hall–Kier alpha value is -3.38. The summed E-state index contributed by atoms with van der Waals surface area (Å²) < 4.78 is 7.28. The number of likely N-dealkylation sites (N-methyl/N-ethyl adjacent to an activating group) is 1. The fourth-order valence-corrected chi connectivity index (χ4v) is 3.43. The normalized spacial score (nSPS) is 10.9. The Balaban J connectivity index is 1.51. The average molecular weight is 421 g/mol. The molecule has 4 aromatic rings. The lowest BCUT2D eigenvalue weighted by atomic mass is 10.2. The second-order valence-electron chi connectivity index (χ2n) is 6.85. The van der Waals surface area contributed by atoms with Crippen LogP contribution in [0.25, 0.3) is 23.0 Å². The van der Waals surface area contributed by atoms with Crippen molar-refractivity contribution in [3.05, 3.63) is 83.5 Å². The monoisotopic (exact) mass is 420 g/mol. The van der Waals surface area contributed by atoms with Crippen LogP contribution in [0.4, 0.5) is 0 Å². The predicted molar refractivity (Wildman–Crippen MR) is 116 cm³/mol. The van der Waals surface area contributed by atoms with Gasteiger partial charge < -0.3 is 14.0 Å². The maximum Gasteiger partial charge on any atom is 0.274 e. The lowest BCUT2D eigenvalue weighted by Gasteiger charge is -2.21. The molecule has 30 heavy (non-hydrogen) atoms. The van der Waals surface area contributed by atoms with E-state index in [4.69, 9.17) is 16.1 Å². The van der Waals surface area contributed by atoms with Crippen molar-refractivity contribution in [3.8, 4) is 23.0 Å². The summed E-state index contributed by atoms with van der Waals surface area (Å²) in [5, 5.41) is 4.66. The van der Waals surface area contributed by atoms with Crippen molar-refractivity contribution in [1.82, 2.24) is 19.6 Å². The summed E-state index contributed by atoms with van der Waals surface area (Å²) in [7, 11) is 0. The molecule has 152 valence electrons. The number of rotatable bonds is 7. The largest absolute Gasteiger partial charge is 0.337 e. The van der Waals surface area contributed by atoms with Gasteiger partial charge in [0.15, 0.2) is 0 Å². The third kappa shape index (κ3) is 4.44. The first-order valence-corrected chi connectivity index (χ1v) is 10.1. The third-order valence-corrected chi connectivity index (χ3v) is 5.05. The zero-order valence-corrected chi connectivity index (χ0v) is 17.3. The van der Waals surface area contributed by atoms with E-state index in [1.54, 1.807) is 12.1 Å². The molecule has 0 aliphatic carbocycles. The van der Waals surface area contributed by atoms with Gasteiger partial charge in [-0.2, -0.15) is 4.98 Å². The van der Waals surface area contributed by atoms with Crippen LogP contribution in [-0.4, -0.2) is 32.1 Å². The minimum atomic E-state index is 0.0217. The Labute approximate surface area is 179 Å². The van der Waals surface area contributed by atoms with Crippen molar-refractivity contribution in [1.29, 1.82) is 0 Å². The molecule has 2 aromatic carbocycles. The maximum absolute atomic E-state index is 12.9. The van der Waals surface area contributed by atoms with Crippen LogP contribution in [0.1, 0.15) is 12.5 Å². The summed E-state index contributed by atoms with van der Waals surface area (Å²) in [5.41, 5.74) is 2.56. The molecule has 1 amide bonds. The predicted octanol–water partition coefficient (Wildman–Crippen LogP) is 4.91. The minimum Gasteiger partial charge on any atom is -0.337 e. The molecule has 0 spiro atoms. The summed E-state index contributed by atoms with van der Waals surface area (Å²) in [6, 6.07) is 21.0. The first-order chi connectivity index (χ1) is 14.6. The first-order valence-electron chi connectivity index (χ1n) is 9.71. The molecule has 7 heteroatoms. The van der Waals surface area contributed by atoms with Crippen molar-refractivity contribution in [3.63, 3.8) is 0 Å². The number of halogens is 1. The lowest BCUT2D eigenvalue weighted by Crippen LogP contribution is -2.33. The van der Waals surface area contributed by atoms with Gasteiger partial charge in [-0.3, -0.25) is 4.79 Å². The van der Waals surface area contributed by atoms with Gasteiger partial charge in [0.1, 0.15) is 12.2 Å². The lowest BCUT2D eigenvalue weighted by molar-refractivity contribution is -0.132. The van der Waals surface area contributed by atoms with Crippen molar-refractivity contribution in [2.75, 3.05) is 6.54 Å². The zero-order chi connectivity index (χ0) is 20.9. The summed E-state index contributed by atoms with van der Waals surface area (Å²) in [6.45, 7) is 3.38. The average Bonchev–Trinajstić information content (AvgIpc) is 3.42. The number of carbonyl (C=O) groups excluding carboxylic acids is 1. The van der Waals surface area contributed by atoms with Gasteiger partial charge in [-0.05, 0) is 36.8 Å². The molecule has 4 rings (SSSR count). The number of carbonyl (C=O) groups is 1. The van der Waals surface area contributed by atoms with E-state index in [-0.39, 0.29) is 12.5 Å². The highest BCUT2D eigenvalue weighted by molar-refractivity contribution is 6.30. The van der Waals surface area contributed by atoms with E-state index in [1.807, 2.05) is 77.2 Å². The van der Waals surface area contributed by atoms with Gasteiger partial charge >= 0.3 is 0 Å². The molecule has 0 saturated carbocycles. The summed E-state index contributed by atoms with van der Waals surface area (Å²) in [6.07, 6.45) is 1.84. The fourth-order valence-electron chi connectivity index (χ4n) is 3.24. The van der Waals surface area contributed by atoms with E-state index in [1.165, 1.54) is 0 Å². The van der Waals surface area contributed by atoms with E-state index < -0.39 is 0 Å². The van der Waals surface area contributed by atoms with Gasteiger partial charge in [0.2, 0.25) is 11.7 Å². The molecular weight excluding hydrogens is 400 g/mol.